The first kappa shape index (κ1) is 10.1. The molecule has 0 radical (unpaired) electrons. The van der Waals surface area contributed by atoms with Gasteiger partial charge in [0.15, 0.2) is 5.78 Å². The Hall–Kier alpha value is -0.940. The molecule has 0 atom stereocenters. The van der Waals surface area contributed by atoms with Crippen LogP contribution in [0.25, 0.3) is 0 Å². The molecule has 0 saturated heterocycles. The van der Waals surface area contributed by atoms with Gasteiger partial charge in [0.1, 0.15) is 11.6 Å². The van der Waals surface area contributed by atoms with Crippen LogP contribution in [0.1, 0.15) is 10.4 Å². The summed E-state index contributed by atoms with van der Waals surface area (Å²) in [4.78, 5) is 11.0. The summed E-state index contributed by atoms with van der Waals surface area (Å²) in [6.07, 6.45) is 0. The smallest absolute Gasteiger partial charge is 0.180 e. The van der Waals surface area contributed by atoms with Crippen LogP contribution in [0.3, 0.4) is 0 Å². The first-order valence-electron chi connectivity index (χ1n) is 3.47. The van der Waals surface area contributed by atoms with Crippen LogP contribution in [-0.4, -0.2) is 17.4 Å². The number of carbonyl (C=O) groups excluding carboxylic acids is 1. The maximum Gasteiger partial charge on any atom is 0.180 e. The van der Waals surface area contributed by atoms with Crippen LogP contribution in [0.15, 0.2) is 16.6 Å². The molecule has 3 nitrogen and oxygen atoms in total. The Morgan fingerprint density at radius 1 is 1.62 bits per heavy atom. The molecule has 1 aromatic rings. The van der Waals surface area contributed by atoms with E-state index in [1.165, 1.54) is 0 Å². The fourth-order valence-electron chi connectivity index (χ4n) is 0.870. The molecule has 0 aromatic heterocycles. The molecule has 1 rings (SSSR count). The van der Waals surface area contributed by atoms with E-state index in [2.05, 4.69) is 15.9 Å². The Bertz CT molecular complexity index is 354. The van der Waals surface area contributed by atoms with Crippen molar-refractivity contribution >= 4 is 21.7 Å². The quantitative estimate of drug-likeness (QED) is 0.778. The van der Waals surface area contributed by atoms with E-state index in [0.717, 1.165) is 12.1 Å². The first-order valence-corrected chi connectivity index (χ1v) is 4.27. The van der Waals surface area contributed by atoms with Crippen LogP contribution in [-0.2, 0) is 0 Å². The highest BCUT2D eigenvalue weighted by Gasteiger charge is 2.12. The number of benzene rings is 1. The van der Waals surface area contributed by atoms with Crippen molar-refractivity contribution in [3.63, 3.8) is 0 Å². The molecule has 0 aliphatic heterocycles. The predicted molar refractivity (Wildman–Crippen MR) is 49.1 cm³/mol. The highest BCUT2D eigenvalue weighted by molar-refractivity contribution is 9.10. The van der Waals surface area contributed by atoms with E-state index in [1.54, 1.807) is 0 Å². The minimum absolute atomic E-state index is 0.0943. The number of rotatable bonds is 2. The maximum atomic E-state index is 12.9. The zero-order valence-corrected chi connectivity index (χ0v) is 8.14. The monoisotopic (exact) mass is 247 g/mol. The van der Waals surface area contributed by atoms with Gasteiger partial charge in [0.25, 0.3) is 0 Å². The molecule has 0 fully saturated rings. The lowest BCUT2D eigenvalue weighted by Gasteiger charge is -2.03. The van der Waals surface area contributed by atoms with Gasteiger partial charge in [-0.1, -0.05) is 0 Å². The number of aromatic hydroxyl groups is 1. The number of phenolic OH excluding ortho intramolecular Hbond substituents is 1. The number of hydrogen-bond donors (Lipinski definition) is 2. The minimum atomic E-state index is -0.602. The molecule has 1 aromatic carbocycles. The van der Waals surface area contributed by atoms with E-state index < -0.39 is 11.6 Å². The van der Waals surface area contributed by atoms with Gasteiger partial charge in [0.2, 0.25) is 0 Å². The van der Waals surface area contributed by atoms with Crippen LogP contribution in [0.5, 0.6) is 5.75 Å². The summed E-state index contributed by atoms with van der Waals surface area (Å²) in [7, 11) is 0. The van der Waals surface area contributed by atoms with Gasteiger partial charge in [-0.2, -0.15) is 0 Å². The molecule has 0 amide bonds. The van der Waals surface area contributed by atoms with Gasteiger partial charge >= 0.3 is 0 Å². The van der Waals surface area contributed by atoms with E-state index in [4.69, 9.17) is 5.73 Å². The number of ketones is 1. The van der Waals surface area contributed by atoms with Gasteiger partial charge in [-0.3, -0.25) is 4.79 Å². The van der Waals surface area contributed by atoms with Crippen molar-refractivity contribution in [3.05, 3.63) is 28.0 Å². The maximum absolute atomic E-state index is 12.9. The number of phenols is 1. The summed E-state index contributed by atoms with van der Waals surface area (Å²) >= 11 is 2.87. The Morgan fingerprint density at radius 2 is 2.23 bits per heavy atom. The summed E-state index contributed by atoms with van der Waals surface area (Å²) in [6.45, 7) is -0.255. The molecule has 0 heterocycles. The molecule has 0 bridgehead atoms. The van der Waals surface area contributed by atoms with E-state index in [-0.39, 0.29) is 22.3 Å². The predicted octanol–water partition coefficient (Wildman–Crippen LogP) is 1.44. The van der Waals surface area contributed by atoms with Crippen LogP contribution < -0.4 is 5.73 Å². The Kier molecular flexibility index (Phi) is 3.00. The lowest BCUT2D eigenvalue weighted by Crippen LogP contribution is -2.13. The second-order valence-electron chi connectivity index (χ2n) is 2.41. The highest BCUT2D eigenvalue weighted by Crippen LogP contribution is 2.25. The number of Topliss-reactive ketones (excluding diaryl/α,β-unsaturated/α-hetero) is 1. The summed E-state index contributed by atoms with van der Waals surface area (Å²) in [5, 5.41) is 9.24. The SMILES string of the molecule is NCC(=O)c1cc(F)c(Br)cc1O. The molecule has 70 valence electrons. The molecule has 0 unspecified atom stereocenters. The number of hydrogen-bond acceptors (Lipinski definition) is 3. The lowest BCUT2D eigenvalue weighted by molar-refractivity contribution is 0.0998. The zero-order valence-electron chi connectivity index (χ0n) is 6.55. The summed E-state index contributed by atoms with van der Waals surface area (Å²) in [6, 6.07) is 2.08. The van der Waals surface area contributed by atoms with Crippen LogP contribution >= 0.6 is 15.9 Å². The van der Waals surface area contributed by atoms with E-state index in [0.29, 0.717) is 0 Å². The standard InChI is InChI=1S/C8H7BrFNO2/c9-5-2-7(12)4(1-6(5)10)8(13)3-11/h1-2,12H,3,11H2. The van der Waals surface area contributed by atoms with E-state index in [9.17, 15) is 14.3 Å². The van der Waals surface area contributed by atoms with Crippen LogP contribution in [0.4, 0.5) is 4.39 Å². The molecule has 13 heavy (non-hydrogen) atoms. The number of halogens is 2. The normalized spacial score (nSPS) is 10.1. The summed E-state index contributed by atoms with van der Waals surface area (Å²) < 4.78 is 13.0. The Balaban J connectivity index is 3.23. The van der Waals surface area contributed by atoms with Gasteiger partial charge in [-0.15, -0.1) is 0 Å². The molecule has 0 aliphatic rings. The van der Waals surface area contributed by atoms with Crippen molar-refractivity contribution < 1.29 is 14.3 Å². The Labute approximate surface area is 82.5 Å². The fraction of sp³-hybridized carbons (Fsp3) is 0.125. The van der Waals surface area contributed by atoms with E-state index >= 15 is 0 Å². The van der Waals surface area contributed by atoms with Crippen molar-refractivity contribution in [1.82, 2.24) is 0 Å². The molecule has 0 saturated carbocycles. The fourth-order valence-corrected chi connectivity index (χ4v) is 1.20. The first-order chi connectivity index (χ1) is 6.06. The molecule has 0 aliphatic carbocycles. The average Bonchev–Trinajstić information content (AvgIpc) is 2.10. The minimum Gasteiger partial charge on any atom is -0.507 e. The number of carbonyl (C=O) groups is 1. The highest BCUT2D eigenvalue weighted by atomic mass is 79.9. The van der Waals surface area contributed by atoms with E-state index in [1.807, 2.05) is 0 Å². The topological polar surface area (TPSA) is 63.3 Å². The van der Waals surface area contributed by atoms with Gasteiger partial charge in [0.05, 0.1) is 16.6 Å². The van der Waals surface area contributed by atoms with Crippen molar-refractivity contribution in [3.8, 4) is 5.75 Å². The summed E-state index contributed by atoms with van der Waals surface area (Å²) in [5.41, 5.74) is 4.97. The van der Waals surface area contributed by atoms with Gasteiger partial charge in [-0.05, 0) is 28.1 Å². The molecule has 0 spiro atoms. The van der Waals surface area contributed by atoms with Crippen LogP contribution in [0.2, 0.25) is 0 Å². The molecular formula is C8H7BrFNO2. The van der Waals surface area contributed by atoms with Gasteiger partial charge < -0.3 is 10.8 Å². The third-order valence-corrected chi connectivity index (χ3v) is 2.13. The third-order valence-electron chi connectivity index (χ3n) is 1.52. The molecule has 5 heteroatoms. The lowest BCUT2D eigenvalue weighted by atomic mass is 10.1. The third kappa shape index (κ3) is 2.05. The zero-order chi connectivity index (χ0) is 10.0. The van der Waals surface area contributed by atoms with Crippen molar-refractivity contribution in [2.24, 2.45) is 5.73 Å². The van der Waals surface area contributed by atoms with Gasteiger partial charge in [0, 0.05) is 0 Å². The molecular weight excluding hydrogens is 241 g/mol. The largest absolute Gasteiger partial charge is 0.507 e. The van der Waals surface area contributed by atoms with Crippen LogP contribution in [0, 0.1) is 5.82 Å². The Morgan fingerprint density at radius 3 is 2.77 bits per heavy atom. The van der Waals surface area contributed by atoms with Crippen molar-refractivity contribution in [2.75, 3.05) is 6.54 Å². The average molecular weight is 248 g/mol. The van der Waals surface area contributed by atoms with Gasteiger partial charge in [-0.25, -0.2) is 4.39 Å². The summed E-state index contributed by atoms with van der Waals surface area (Å²) in [5.74, 6) is -1.37. The number of nitrogens with two attached hydrogens (primary N) is 1. The molecule has 3 N–H and O–H groups in total. The van der Waals surface area contributed by atoms with Crippen molar-refractivity contribution in [1.29, 1.82) is 0 Å². The van der Waals surface area contributed by atoms with Crippen molar-refractivity contribution in [2.45, 2.75) is 0 Å². The second-order valence-corrected chi connectivity index (χ2v) is 3.27. The second kappa shape index (κ2) is 3.85.